The molecule has 1 amide bonds. The molecule has 0 unspecified atom stereocenters. The van der Waals surface area contributed by atoms with Crippen LogP contribution in [0.1, 0.15) is 0 Å². The number of ether oxygens (including phenoxy) is 3. The maximum absolute atomic E-state index is 13.0. The van der Waals surface area contributed by atoms with E-state index in [1.165, 1.54) is 21.3 Å². The molecule has 0 aliphatic rings. The van der Waals surface area contributed by atoms with E-state index in [2.05, 4.69) is 5.32 Å². The molecule has 0 heterocycles. The van der Waals surface area contributed by atoms with Crippen molar-refractivity contribution in [2.45, 2.75) is 4.90 Å². The fourth-order valence-corrected chi connectivity index (χ4v) is 3.44. The van der Waals surface area contributed by atoms with Crippen LogP contribution < -0.4 is 14.8 Å². The number of benzene rings is 2. The van der Waals surface area contributed by atoms with E-state index < -0.39 is 40.9 Å². The molecule has 30 heavy (non-hydrogen) atoms. The molecule has 11 heteroatoms. The van der Waals surface area contributed by atoms with E-state index in [4.69, 9.17) is 14.2 Å². The van der Waals surface area contributed by atoms with Crippen LogP contribution in [-0.4, -0.2) is 59.0 Å². The molecule has 0 saturated heterocycles. The van der Waals surface area contributed by atoms with Crippen LogP contribution in [-0.2, 0) is 24.3 Å². The minimum absolute atomic E-state index is 0.177. The van der Waals surface area contributed by atoms with E-state index in [1.807, 2.05) is 0 Å². The molecule has 2 rings (SSSR count). The van der Waals surface area contributed by atoms with Crippen molar-refractivity contribution in [1.29, 1.82) is 0 Å². The molecule has 0 spiro atoms. The van der Waals surface area contributed by atoms with Gasteiger partial charge < -0.3 is 19.5 Å². The third-order valence-corrected chi connectivity index (χ3v) is 5.69. The summed E-state index contributed by atoms with van der Waals surface area (Å²) in [4.78, 5) is 23.8. The number of nitrogens with zero attached hydrogens (tertiary/aromatic N) is 1. The number of hydrogen-bond acceptors (Lipinski definition) is 7. The SMILES string of the molecule is COc1cc(NC(=O)COC(=O)CN(C)S(=O)(=O)c2ccc(F)cc2)cc(OC)c1. The molecule has 2 aromatic rings. The molecule has 162 valence electrons. The quantitative estimate of drug-likeness (QED) is 0.590. The molecule has 0 aromatic heterocycles. The van der Waals surface area contributed by atoms with Gasteiger partial charge in [-0.1, -0.05) is 0 Å². The maximum atomic E-state index is 13.0. The average Bonchev–Trinajstić information content (AvgIpc) is 2.72. The lowest BCUT2D eigenvalue weighted by atomic mass is 10.2. The Hall–Kier alpha value is -3.18. The highest BCUT2D eigenvalue weighted by Gasteiger charge is 2.24. The number of amides is 1. The van der Waals surface area contributed by atoms with Crippen LogP contribution in [0.2, 0.25) is 0 Å². The van der Waals surface area contributed by atoms with E-state index in [1.54, 1.807) is 18.2 Å². The lowest BCUT2D eigenvalue weighted by Gasteiger charge is -2.16. The first kappa shape index (κ1) is 23.1. The lowest BCUT2D eigenvalue weighted by Crippen LogP contribution is -2.34. The highest BCUT2D eigenvalue weighted by Crippen LogP contribution is 2.25. The van der Waals surface area contributed by atoms with Crippen LogP contribution in [0.4, 0.5) is 10.1 Å². The van der Waals surface area contributed by atoms with Gasteiger partial charge in [0.1, 0.15) is 23.9 Å². The Balaban J connectivity index is 1.91. The number of anilines is 1. The Kier molecular flexibility index (Phi) is 7.72. The number of esters is 1. The molecule has 9 nitrogen and oxygen atoms in total. The number of carbonyl (C=O) groups is 2. The Morgan fingerprint density at radius 3 is 2.13 bits per heavy atom. The Bertz CT molecular complexity index is 988. The van der Waals surface area contributed by atoms with Gasteiger partial charge >= 0.3 is 5.97 Å². The van der Waals surface area contributed by atoms with Crippen molar-refractivity contribution in [2.24, 2.45) is 0 Å². The van der Waals surface area contributed by atoms with Crippen LogP contribution in [0, 0.1) is 5.82 Å². The van der Waals surface area contributed by atoms with Gasteiger partial charge in [-0.05, 0) is 24.3 Å². The van der Waals surface area contributed by atoms with Crippen molar-refractivity contribution in [3.05, 3.63) is 48.3 Å². The Morgan fingerprint density at radius 1 is 1.03 bits per heavy atom. The average molecular weight is 440 g/mol. The number of likely N-dealkylation sites (N-methyl/N-ethyl adjacent to an activating group) is 1. The predicted octanol–water partition coefficient (Wildman–Crippen LogP) is 1.65. The summed E-state index contributed by atoms with van der Waals surface area (Å²) in [6.45, 7) is -1.25. The second-order valence-electron chi connectivity index (χ2n) is 6.03. The molecule has 2 aromatic carbocycles. The van der Waals surface area contributed by atoms with Crippen LogP contribution in [0.15, 0.2) is 47.4 Å². The fourth-order valence-electron chi connectivity index (χ4n) is 2.32. The largest absolute Gasteiger partial charge is 0.497 e. The molecular formula is C19H21FN2O7S. The van der Waals surface area contributed by atoms with E-state index in [0.717, 1.165) is 28.6 Å². The molecule has 0 saturated carbocycles. The first-order valence-electron chi connectivity index (χ1n) is 8.56. The van der Waals surface area contributed by atoms with Crippen molar-refractivity contribution in [2.75, 3.05) is 39.7 Å². The second-order valence-corrected chi connectivity index (χ2v) is 8.07. The van der Waals surface area contributed by atoms with Gasteiger partial charge in [0.05, 0.1) is 19.1 Å². The fraction of sp³-hybridized carbons (Fsp3) is 0.263. The first-order valence-corrected chi connectivity index (χ1v) is 10.00. The van der Waals surface area contributed by atoms with Gasteiger partial charge in [-0.2, -0.15) is 4.31 Å². The summed E-state index contributed by atoms with van der Waals surface area (Å²) in [5.74, 6) is -1.25. The van der Waals surface area contributed by atoms with E-state index >= 15 is 0 Å². The standard InChI is InChI=1S/C19H21FN2O7S/c1-22(30(25,26)17-6-4-13(20)5-7-17)11-19(24)29-12-18(23)21-14-8-15(27-2)10-16(9-14)28-3/h4-10H,11-12H2,1-3H3,(H,21,23). The van der Waals surface area contributed by atoms with Crippen molar-refractivity contribution in [1.82, 2.24) is 4.31 Å². The molecule has 0 radical (unpaired) electrons. The summed E-state index contributed by atoms with van der Waals surface area (Å²) < 4.78 is 53.5. The molecule has 1 N–H and O–H groups in total. The van der Waals surface area contributed by atoms with E-state index in [9.17, 15) is 22.4 Å². The summed E-state index contributed by atoms with van der Waals surface area (Å²) in [6, 6.07) is 8.88. The number of methoxy groups -OCH3 is 2. The number of nitrogens with one attached hydrogen (secondary N) is 1. The molecule has 0 aliphatic heterocycles. The van der Waals surface area contributed by atoms with Crippen LogP contribution in [0.25, 0.3) is 0 Å². The van der Waals surface area contributed by atoms with Crippen molar-refractivity contribution >= 4 is 27.6 Å². The predicted molar refractivity (Wildman–Crippen MR) is 105 cm³/mol. The van der Waals surface area contributed by atoms with E-state index in [-0.39, 0.29) is 4.90 Å². The zero-order valence-corrected chi connectivity index (χ0v) is 17.4. The maximum Gasteiger partial charge on any atom is 0.321 e. The normalized spacial score (nSPS) is 11.1. The van der Waals surface area contributed by atoms with Crippen molar-refractivity contribution in [3.8, 4) is 11.5 Å². The van der Waals surface area contributed by atoms with Gasteiger partial charge in [0.15, 0.2) is 6.61 Å². The summed E-state index contributed by atoms with van der Waals surface area (Å²) in [7, 11) is 0.0673. The topological polar surface area (TPSA) is 111 Å². The molecular weight excluding hydrogens is 419 g/mol. The Labute approximate surface area is 173 Å². The summed E-state index contributed by atoms with van der Waals surface area (Å²) >= 11 is 0. The number of carbonyl (C=O) groups excluding carboxylic acids is 2. The van der Waals surface area contributed by atoms with Crippen LogP contribution in [0.3, 0.4) is 0 Å². The van der Waals surface area contributed by atoms with Crippen molar-refractivity contribution < 1.29 is 36.6 Å². The first-order chi connectivity index (χ1) is 14.1. The summed E-state index contributed by atoms with van der Waals surface area (Å²) in [5.41, 5.74) is 0.364. The highest BCUT2D eigenvalue weighted by atomic mass is 32.2. The lowest BCUT2D eigenvalue weighted by molar-refractivity contribution is -0.147. The zero-order chi connectivity index (χ0) is 22.3. The molecule has 0 bridgehead atoms. The smallest absolute Gasteiger partial charge is 0.321 e. The highest BCUT2D eigenvalue weighted by molar-refractivity contribution is 7.89. The number of halogens is 1. The number of rotatable bonds is 9. The van der Waals surface area contributed by atoms with Gasteiger partial charge in [0, 0.05) is 30.9 Å². The van der Waals surface area contributed by atoms with Gasteiger partial charge in [0.25, 0.3) is 5.91 Å². The van der Waals surface area contributed by atoms with Crippen LogP contribution in [0.5, 0.6) is 11.5 Å². The minimum atomic E-state index is -4.02. The molecule has 0 fully saturated rings. The third kappa shape index (κ3) is 6.16. The van der Waals surface area contributed by atoms with Gasteiger partial charge in [-0.3, -0.25) is 9.59 Å². The third-order valence-electron chi connectivity index (χ3n) is 3.87. The van der Waals surface area contributed by atoms with Crippen molar-refractivity contribution in [3.63, 3.8) is 0 Å². The number of sulfonamides is 1. The van der Waals surface area contributed by atoms with Gasteiger partial charge in [-0.25, -0.2) is 12.8 Å². The molecule has 0 atom stereocenters. The van der Waals surface area contributed by atoms with Crippen LogP contribution >= 0.6 is 0 Å². The summed E-state index contributed by atoms with van der Waals surface area (Å²) in [6.07, 6.45) is 0. The molecule has 0 aliphatic carbocycles. The second kappa shape index (κ2) is 10.0. The van der Waals surface area contributed by atoms with Gasteiger partial charge in [-0.15, -0.1) is 0 Å². The monoisotopic (exact) mass is 440 g/mol. The number of hydrogen-bond donors (Lipinski definition) is 1. The Morgan fingerprint density at radius 2 is 1.60 bits per heavy atom. The van der Waals surface area contributed by atoms with E-state index in [0.29, 0.717) is 17.2 Å². The summed E-state index contributed by atoms with van der Waals surface area (Å²) in [5, 5.41) is 2.52. The minimum Gasteiger partial charge on any atom is -0.497 e. The van der Waals surface area contributed by atoms with Gasteiger partial charge in [0.2, 0.25) is 10.0 Å². The zero-order valence-electron chi connectivity index (χ0n) is 16.5.